The Morgan fingerprint density at radius 2 is 1.80 bits per heavy atom. The Morgan fingerprint density at radius 3 is 2.47 bits per heavy atom. The van der Waals surface area contributed by atoms with Gasteiger partial charge in [-0.1, -0.05) is 56.5 Å². The molecule has 0 unspecified atom stereocenters. The number of Topliss-reactive ketones (excluding diaryl/α,β-unsaturated/α-hetero) is 1. The summed E-state index contributed by atoms with van der Waals surface area (Å²) in [5.41, 5.74) is 0.885. The van der Waals surface area contributed by atoms with Crippen molar-refractivity contribution >= 4 is 5.78 Å². The molecule has 0 spiro atoms. The first kappa shape index (κ1) is 10.4. The third-order valence-corrected chi connectivity index (χ3v) is 3.51. The van der Waals surface area contributed by atoms with Gasteiger partial charge in [0.05, 0.1) is 0 Å². The van der Waals surface area contributed by atoms with Gasteiger partial charge in [-0.05, 0) is 12.3 Å². The van der Waals surface area contributed by atoms with Crippen LogP contribution in [-0.4, -0.2) is 5.78 Å². The van der Waals surface area contributed by atoms with Crippen molar-refractivity contribution in [2.24, 2.45) is 11.8 Å². The third kappa shape index (κ3) is 2.28. The van der Waals surface area contributed by atoms with Crippen LogP contribution >= 0.6 is 0 Å². The molecule has 0 aliphatic heterocycles. The normalized spacial score (nSPS) is 26.2. The van der Waals surface area contributed by atoms with Gasteiger partial charge in [0.2, 0.25) is 0 Å². The van der Waals surface area contributed by atoms with Crippen LogP contribution < -0.4 is 0 Å². The lowest BCUT2D eigenvalue weighted by molar-refractivity contribution is 0.0837. The second-order valence-corrected chi connectivity index (χ2v) is 4.60. The Hall–Kier alpha value is -1.11. The minimum Gasteiger partial charge on any atom is -0.294 e. The Bertz CT molecular complexity index is 328. The van der Waals surface area contributed by atoms with Crippen molar-refractivity contribution in [1.82, 2.24) is 0 Å². The van der Waals surface area contributed by atoms with Gasteiger partial charge in [0.1, 0.15) is 0 Å². The van der Waals surface area contributed by atoms with Gasteiger partial charge in [0, 0.05) is 11.5 Å². The molecule has 1 aromatic rings. The molecule has 0 heterocycles. The molecule has 0 aromatic heterocycles. The molecule has 1 aliphatic carbocycles. The Kier molecular flexibility index (Phi) is 3.20. The van der Waals surface area contributed by atoms with E-state index in [9.17, 15) is 4.79 Å². The highest BCUT2D eigenvalue weighted by Gasteiger charge is 2.27. The fraction of sp³-hybridized carbons (Fsp3) is 0.500. The van der Waals surface area contributed by atoms with Crippen molar-refractivity contribution in [3.05, 3.63) is 35.9 Å². The summed E-state index contributed by atoms with van der Waals surface area (Å²) in [5, 5.41) is 0. The van der Waals surface area contributed by atoms with Gasteiger partial charge in [0.25, 0.3) is 0 Å². The molecule has 0 saturated heterocycles. The number of rotatable bonds is 2. The number of ketones is 1. The lowest BCUT2D eigenvalue weighted by Gasteiger charge is -2.27. The van der Waals surface area contributed by atoms with E-state index in [0.717, 1.165) is 12.0 Å². The molecule has 80 valence electrons. The van der Waals surface area contributed by atoms with Crippen LogP contribution in [0.5, 0.6) is 0 Å². The van der Waals surface area contributed by atoms with Crippen molar-refractivity contribution in [3.63, 3.8) is 0 Å². The lowest BCUT2D eigenvalue weighted by atomic mass is 9.76. The van der Waals surface area contributed by atoms with Crippen LogP contribution in [0.25, 0.3) is 0 Å². The van der Waals surface area contributed by atoms with Crippen LogP contribution in [0.2, 0.25) is 0 Å². The summed E-state index contributed by atoms with van der Waals surface area (Å²) in [5.74, 6) is 1.18. The van der Waals surface area contributed by atoms with Crippen LogP contribution in [0.3, 0.4) is 0 Å². The van der Waals surface area contributed by atoms with Crippen molar-refractivity contribution < 1.29 is 4.79 Å². The molecule has 1 saturated carbocycles. The fourth-order valence-corrected chi connectivity index (χ4v) is 2.52. The number of hydrogen-bond donors (Lipinski definition) is 0. The standard InChI is InChI=1S/C14H18O/c1-11-7-5-6-10-13(11)14(15)12-8-3-2-4-9-12/h2-4,8-9,11,13H,5-7,10H2,1H3/t11-,13+/m1/s1. The SMILES string of the molecule is C[C@@H]1CCCC[C@@H]1C(=O)c1ccccc1. The van der Waals surface area contributed by atoms with Crippen LogP contribution in [-0.2, 0) is 0 Å². The molecule has 1 aliphatic rings. The maximum atomic E-state index is 12.2. The molecule has 0 amide bonds. The summed E-state index contributed by atoms with van der Waals surface area (Å²) in [6.45, 7) is 2.21. The van der Waals surface area contributed by atoms with Crippen molar-refractivity contribution in [1.29, 1.82) is 0 Å². The molecule has 0 N–H and O–H groups in total. The number of carbonyl (C=O) groups is 1. The van der Waals surface area contributed by atoms with E-state index in [4.69, 9.17) is 0 Å². The molecule has 1 aromatic carbocycles. The zero-order valence-corrected chi connectivity index (χ0v) is 9.28. The van der Waals surface area contributed by atoms with Gasteiger partial charge in [-0.3, -0.25) is 4.79 Å². The largest absolute Gasteiger partial charge is 0.294 e. The molecule has 2 atom stereocenters. The van der Waals surface area contributed by atoms with Gasteiger partial charge in [-0.25, -0.2) is 0 Å². The van der Waals surface area contributed by atoms with E-state index < -0.39 is 0 Å². The zero-order chi connectivity index (χ0) is 10.7. The quantitative estimate of drug-likeness (QED) is 0.668. The van der Waals surface area contributed by atoms with Gasteiger partial charge in [0.15, 0.2) is 5.78 Å². The predicted octanol–water partition coefficient (Wildman–Crippen LogP) is 3.70. The van der Waals surface area contributed by atoms with Gasteiger partial charge < -0.3 is 0 Å². The van der Waals surface area contributed by atoms with Gasteiger partial charge >= 0.3 is 0 Å². The van der Waals surface area contributed by atoms with Gasteiger partial charge in [-0.15, -0.1) is 0 Å². The lowest BCUT2D eigenvalue weighted by Crippen LogP contribution is -2.25. The van der Waals surface area contributed by atoms with E-state index in [1.807, 2.05) is 30.3 Å². The summed E-state index contributed by atoms with van der Waals surface area (Å²) in [6.07, 6.45) is 4.80. The Labute approximate surface area is 91.5 Å². The highest BCUT2D eigenvalue weighted by molar-refractivity contribution is 5.98. The molecule has 1 heteroatoms. The first-order valence-electron chi connectivity index (χ1n) is 5.88. The van der Waals surface area contributed by atoms with E-state index in [1.54, 1.807) is 0 Å². The van der Waals surface area contributed by atoms with Gasteiger partial charge in [-0.2, -0.15) is 0 Å². The third-order valence-electron chi connectivity index (χ3n) is 3.51. The number of benzene rings is 1. The van der Waals surface area contributed by atoms with E-state index in [0.29, 0.717) is 11.7 Å². The number of carbonyl (C=O) groups excluding carboxylic acids is 1. The summed E-state index contributed by atoms with van der Waals surface area (Å²) in [6, 6.07) is 9.72. The second-order valence-electron chi connectivity index (χ2n) is 4.60. The first-order chi connectivity index (χ1) is 7.29. The fourth-order valence-electron chi connectivity index (χ4n) is 2.52. The maximum Gasteiger partial charge on any atom is 0.166 e. The minimum atomic E-state index is 0.265. The van der Waals surface area contributed by atoms with Crippen LogP contribution in [0.1, 0.15) is 43.0 Å². The summed E-state index contributed by atoms with van der Waals surface area (Å²) in [7, 11) is 0. The highest BCUT2D eigenvalue weighted by Crippen LogP contribution is 2.31. The van der Waals surface area contributed by atoms with Crippen LogP contribution in [0, 0.1) is 11.8 Å². The topological polar surface area (TPSA) is 17.1 Å². The zero-order valence-electron chi connectivity index (χ0n) is 9.28. The molecule has 0 bridgehead atoms. The number of hydrogen-bond acceptors (Lipinski definition) is 1. The maximum absolute atomic E-state index is 12.2. The van der Waals surface area contributed by atoms with E-state index >= 15 is 0 Å². The summed E-state index contributed by atoms with van der Waals surface area (Å²) in [4.78, 5) is 12.2. The summed E-state index contributed by atoms with van der Waals surface area (Å²) < 4.78 is 0. The molecule has 1 fully saturated rings. The first-order valence-corrected chi connectivity index (χ1v) is 5.88. The molecule has 0 radical (unpaired) electrons. The van der Waals surface area contributed by atoms with E-state index in [2.05, 4.69) is 6.92 Å². The van der Waals surface area contributed by atoms with Crippen molar-refractivity contribution in [2.45, 2.75) is 32.6 Å². The van der Waals surface area contributed by atoms with Crippen LogP contribution in [0.4, 0.5) is 0 Å². The molecule has 15 heavy (non-hydrogen) atoms. The Morgan fingerprint density at radius 1 is 1.13 bits per heavy atom. The van der Waals surface area contributed by atoms with E-state index in [1.165, 1.54) is 19.3 Å². The highest BCUT2D eigenvalue weighted by atomic mass is 16.1. The average Bonchev–Trinajstić information content (AvgIpc) is 2.30. The van der Waals surface area contributed by atoms with E-state index in [-0.39, 0.29) is 5.92 Å². The monoisotopic (exact) mass is 202 g/mol. The van der Waals surface area contributed by atoms with Crippen molar-refractivity contribution in [3.8, 4) is 0 Å². The molecule has 1 nitrogen and oxygen atoms in total. The Balaban J connectivity index is 2.13. The smallest absolute Gasteiger partial charge is 0.166 e. The molecular weight excluding hydrogens is 184 g/mol. The predicted molar refractivity (Wildman–Crippen MR) is 61.9 cm³/mol. The second kappa shape index (κ2) is 4.61. The molecule has 2 rings (SSSR count). The van der Waals surface area contributed by atoms with Crippen LogP contribution in [0.15, 0.2) is 30.3 Å². The average molecular weight is 202 g/mol. The minimum absolute atomic E-state index is 0.265. The van der Waals surface area contributed by atoms with Crippen molar-refractivity contribution in [2.75, 3.05) is 0 Å². The summed E-state index contributed by atoms with van der Waals surface area (Å²) >= 11 is 0. The molecular formula is C14H18O.